The predicted octanol–water partition coefficient (Wildman–Crippen LogP) is 0.508. The van der Waals surface area contributed by atoms with Crippen LogP contribution in [0.1, 0.15) is 0 Å². The van der Waals surface area contributed by atoms with E-state index >= 15 is 0 Å². The molecule has 0 aliphatic carbocycles. The molecular formula is C8H10N4O3. The lowest BCUT2D eigenvalue weighted by molar-refractivity contribution is -0.385. The Morgan fingerprint density at radius 1 is 1.53 bits per heavy atom. The Labute approximate surface area is 85.5 Å². The SMILES string of the molecule is COc1ccc(N=C(N)N)cc1[N+](=O)[O-]. The van der Waals surface area contributed by atoms with Crippen molar-refractivity contribution in [1.82, 2.24) is 0 Å². The van der Waals surface area contributed by atoms with E-state index in [9.17, 15) is 10.1 Å². The predicted molar refractivity (Wildman–Crippen MR) is 55.1 cm³/mol. The van der Waals surface area contributed by atoms with Crippen LogP contribution in [0.4, 0.5) is 11.4 Å². The number of methoxy groups -OCH3 is 1. The standard InChI is InChI=1S/C8H10N4O3/c1-15-7-3-2-5(11-8(9)10)4-6(7)12(13)14/h2-4H,1H3,(H4,9,10,11). The average Bonchev–Trinajstić information content (AvgIpc) is 2.16. The molecule has 0 unspecified atom stereocenters. The molecular weight excluding hydrogens is 200 g/mol. The van der Waals surface area contributed by atoms with E-state index in [0.29, 0.717) is 5.69 Å². The van der Waals surface area contributed by atoms with Crippen molar-refractivity contribution in [2.75, 3.05) is 7.11 Å². The van der Waals surface area contributed by atoms with Gasteiger partial charge in [-0.05, 0) is 12.1 Å². The third-order valence-electron chi connectivity index (χ3n) is 1.62. The summed E-state index contributed by atoms with van der Waals surface area (Å²) >= 11 is 0. The van der Waals surface area contributed by atoms with E-state index < -0.39 is 4.92 Å². The van der Waals surface area contributed by atoms with Crippen LogP contribution in [0.15, 0.2) is 23.2 Å². The number of hydrogen-bond acceptors (Lipinski definition) is 4. The molecule has 1 aromatic rings. The van der Waals surface area contributed by atoms with Crippen LogP contribution in [0, 0.1) is 10.1 Å². The van der Waals surface area contributed by atoms with Gasteiger partial charge in [-0.3, -0.25) is 10.1 Å². The molecule has 0 saturated carbocycles. The Bertz CT molecular complexity index is 412. The van der Waals surface area contributed by atoms with Crippen LogP contribution in [0.25, 0.3) is 0 Å². The minimum absolute atomic E-state index is 0.158. The molecule has 4 N–H and O–H groups in total. The highest BCUT2D eigenvalue weighted by atomic mass is 16.6. The van der Waals surface area contributed by atoms with Crippen LogP contribution in [0.5, 0.6) is 5.75 Å². The molecule has 15 heavy (non-hydrogen) atoms. The van der Waals surface area contributed by atoms with Crippen LogP contribution in [0.3, 0.4) is 0 Å². The Morgan fingerprint density at radius 2 is 2.20 bits per heavy atom. The Morgan fingerprint density at radius 3 is 2.67 bits per heavy atom. The monoisotopic (exact) mass is 210 g/mol. The van der Waals surface area contributed by atoms with Crippen LogP contribution in [-0.2, 0) is 0 Å². The average molecular weight is 210 g/mol. The molecule has 0 aromatic heterocycles. The molecule has 0 spiro atoms. The van der Waals surface area contributed by atoms with Gasteiger partial charge in [-0.1, -0.05) is 0 Å². The fourth-order valence-electron chi connectivity index (χ4n) is 1.04. The molecule has 0 saturated heterocycles. The van der Waals surface area contributed by atoms with Gasteiger partial charge in [0.2, 0.25) is 0 Å². The van der Waals surface area contributed by atoms with Gasteiger partial charge in [-0.15, -0.1) is 0 Å². The minimum Gasteiger partial charge on any atom is -0.490 e. The molecule has 0 aliphatic heterocycles. The number of nitrogens with two attached hydrogens (primary N) is 2. The van der Waals surface area contributed by atoms with Gasteiger partial charge in [0.25, 0.3) is 0 Å². The first-order valence-electron chi connectivity index (χ1n) is 3.96. The topological polar surface area (TPSA) is 117 Å². The third kappa shape index (κ3) is 2.56. The van der Waals surface area contributed by atoms with Crippen molar-refractivity contribution in [3.8, 4) is 5.75 Å². The molecule has 0 heterocycles. The third-order valence-corrected chi connectivity index (χ3v) is 1.62. The summed E-state index contributed by atoms with van der Waals surface area (Å²) in [6.45, 7) is 0. The van der Waals surface area contributed by atoms with E-state index in [2.05, 4.69) is 4.99 Å². The molecule has 7 heteroatoms. The van der Waals surface area contributed by atoms with Crippen molar-refractivity contribution >= 4 is 17.3 Å². The quantitative estimate of drug-likeness (QED) is 0.326. The lowest BCUT2D eigenvalue weighted by atomic mass is 10.2. The van der Waals surface area contributed by atoms with Crippen molar-refractivity contribution in [2.24, 2.45) is 16.5 Å². The summed E-state index contributed by atoms with van der Waals surface area (Å²) in [6, 6.07) is 4.18. The first-order valence-corrected chi connectivity index (χ1v) is 3.96. The van der Waals surface area contributed by atoms with E-state index in [1.54, 1.807) is 0 Å². The Balaban J connectivity index is 3.22. The summed E-state index contributed by atoms with van der Waals surface area (Å²) in [5.41, 5.74) is 10.4. The molecule has 0 amide bonds. The second-order valence-corrected chi connectivity index (χ2v) is 2.65. The van der Waals surface area contributed by atoms with Gasteiger partial charge in [0.15, 0.2) is 11.7 Å². The van der Waals surface area contributed by atoms with Gasteiger partial charge in [0.1, 0.15) is 0 Å². The fraction of sp³-hybridized carbons (Fsp3) is 0.125. The Hall–Kier alpha value is -2.31. The molecule has 0 radical (unpaired) electrons. The highest BCUT2D eigenvalue weighted by molar-refractivity contribution is 5.79. The summed E-state index contributed by atoms with van der Waals surface area (Å²) in [4.78, 5) is 13.8. The second kappa shape index (κ2) is 4.27. The van der Waals surface area contributed by atoms with Gasteiger partial charge in [0.05, 0.1) is 17.7 Å². The van der Waals surface area contributed by atoms with Crippen molar-refractivity contribution in [1.29, 1.82) is 0 Å². The zero-order valence-electron chi connectivity index (χ0n) is 8.01. The van der Waals surface area contributed by atoms with Crippen molar-refractivity contribution < 1.29 is 9.66 Å². The molecule has 0 aliphatic rings. The van der Waals surface area contributed by atoms with Gasteiger partial charge < -0.3 is 16.2 Å². The van der Waals surface area contributed by atoms with E-state index in [-0.39, 0.29) is 17.4 Å². The normalized spacial score (nSPS) is 9.40. The lowest BCUT2D eigenvalue weighted by Gasteiger charge is -2.01. The zero-order chi connectivity index (χ0) is 11.4. The largest absolute Gasteiger partial charge is 0.490 e. The Kier molecular flexibility index (Phi) is 3.06. The van der Waals surface area contributed by atoms with E-state index in [1.165, 1.54) is 25.3 Å². The second-order valence-electron chi connectivity index (χ2n) is 2.65. The van der Waals surface area contributed by atoms with Crippen LogP contribution < -0.4 is 16.2 Å². The summed E-state index contributed by atoms with van der Waals surface area (Å²) in [7, 11) is 1.35. The maximum Gasteiger partial charge on any atom is 0.313 e. The number of nitro groups is 1. The van der Waals surface area contributed by atoms with E-state index in [1.807, 2.05) is 0 Å². The van der Waals surface area contributed by atoms with E-state index in [4.69, 9.17) is 16.2 Å². The summed E-state index contributed by atoms with van der Waals surface area (Å²) < 4.78 is 4.81. The first kappa shape index (κ1) is 10.8. The molecule has 1 aromatic carbocycles. The number of rotatable bonds is 3. The van der Waals surface area contributed by atoms with Gasteiger partial charge in [-0.2, -0.15) is 0 Å². The molecule has 0 atom stereocenters. The lowest BCUT2D eigenvalue weighted by Crippen LogP contribution is -2.21. The number of benzene rings is 1. The number of nitro benzene ring substituents is 1. The first-order chi connectivity index (χ1) is 7.04. The number of guanidine groups is 1. The number of nitrogens with zero attached hydrogens (tertiary/aromatic N) is 2. The highest BCUT2D eigenvalue weighted by Crippen LogP contribution is 2.30. The summed E-state index contributed by atoms with van der Waals surface area (Å²) in [5, 5.41) is 10.6. The molecule has 80 valence electrons. The van der Waals surface area contributed by atoms with Gasteiger partial charge in [0, 0.05) is 6.07 Å². The van der Waals surface area contributed by atoms with E-state index in [0.717, 1.165) is 0 Å². The summed E-state index contributed by atoms with van der Waals surface area (Å²) in [6.07, 6.45) is 0. The maximum absolute atomic E-state index is 10.6. The molecule has 1 rings (SSSR count). The fourth-order valence-corrected chi connectivity index (χ4v) is 1.04. The highest BCUT2D eigenvalue weighted by Gasteiger charge is 2.14. The number of ether oxygens (including phenoxy) is 1. The molecule has 0 fully saturated rings. The zero-order valence-corrected chi connectivity index (χ0v) is 8.01. The minimum atomic E-state index is -0.565. The maximum atomic E-state index is 10.6. The van der Waals surface area contributed by atoms with Crippen molar-refractivity contribution in [3.05, 3.63) is 28.3 Å². The smallest absolute Gasteiger partial charge is 0.313 e. The summed E-state index contributed by atoms with van der Waals surface area (Å²) in [5.74, 6) is 0.00371. The van der Waals surface area contributed by atoms with Crippen LogP contribution in [-0.4, -0.2) is 18.0 Å². The number of hydrogen-bond donors (Lipinski definition) is 2. The van der Waals surface area contributed by atoms with Gasteiger partial charge in [-0.25, -0.2) is 4.99 Å². The van der Waals surface area contributed by atoms with Gasteiger partial charge >= 0.3 is 5.69 Å². The van der Waals surface area contributed by atoms with Crippen molar-refractivity contribution in [2.45, 2.75) is 0 Å². The van der Waals surface area contributed by atoms with Crippen LogP contribution in [0.2, 0.25) is 0 Å². The number of aliphatic imine (C=N–C) groups is 1. The van der Waals surface area contributed by atoms with Crippen molar-refractivity contribution in [3.63, 3.8) is 0 Å². The molecule has 0 bridgehead atoms. The van der Waals surface area contributed by atoms with Crippen LogP contribution >= 0.6 is 0 Å². The molecule has 7 nitrogen and oxygen atoms in total.